The van der Waals surface area contributed by atoms with Crippen LogP contribution in [-0.2, 0) is 4.74 Å². The standard InChI is InChI=1S/C16H25NO3/c1-17-15(11-16(20-4)6-5-7-16)12-8-13(18-2)10-14(9-12)19-3/h8-10,15,17H,5-7,11H2,1-4H3. The lowest BCUT2D eigenvalue weighted by molar-refractivity contribution is -0.0834. The Bertz CT molecular complexity index is 416. The number of ether oxygens (including phenoxy) is 3. The third-order valence-electron chi connectivity index (χ3n) is 4.40. The van der Waals surface area contributed by atoms with Gasteiger partial charge < -0.3 is 19.5 Å². The SMILES string of the molecule is CNC(CC1(OC)CCC1)c1cc(OC)cc(OC)c1. The van der Waals surface area contributed by atoms with Crippen molar-refractivity contribution < 1.29 is 14.2 Å². The van der Waals surface area contributed by atoms with E-state index in [2.05, 4.69) is 17.4 Å². The van der Waals surface area contributed by atoms with Gasteiger partial charge in [0.1, 0.15) is 11.5 Å². The number of hydrogen-bond acceptors (Lipinski definition) is 4. The zero-order valence-corrected chi connectivity index (χ0v) is 12.9. The summed E-state index contributed by atoms with van der Waals surface area (Å²) in [6.45, 7) is 0. The van der Waals surface area contributed by atoms with Crippen molar-refractivity contribution in [3.8, 4) is 11.5 Å². The fourth-order valence-corrected chi connectivity index (χ4v) is 2.85. The van der Waals surface area contributed by atoms with Crippen LogP contribution in [0, 0.1) is 0 Å². The highest BCUT2D eigenvalue weighted by Gasteiger charge is 2.39. The van der Waals surface area contributed by atoms with E-state index in [9.17, 15) is 0 Å². The molecule has 1 aliphatic rings. The number of rotatable bonds is 7. The number of hydrogen-bond donors (Lipinski definition) is 1. The summed E-state index contributed by atoms with van der Waals surface area (Å²) < 4.78 is 16.4. The third kappa shape index (κ3) is 3.07. The Morgan fingerprint density at radius 2 is 1.70 bits per heavy atom. The van der Waals surface area contributed by atoms with E-state index in [1.165, 1.54) is 12.0 Å². The number of methoxy groups -OCH3 is 3. The second kappa shape index (κ2) is 6.46. The van der Waals surface area contributed by atoms with Gasteiger partial charge in [-0.05, 0) is 50.4 Å². The second-order valence-electron chi connectivity index (χ2n) is 5.43. The molecule has 1 saturated carbocycles. The van der Waals surface area contributed by atoms with E-state index >= 15 is 0 Å². The minimum atomic E-state index is 0.0317. The van der Waals surface area contributed by atoms with Gasteiger partial charge in [0, 0.05) is 19.2 Å². The molecule has 0 amide bonds. The normalized spacial score (nSPS) is 18.2. The van der Waals surface area contributed by atoms with Gasteiger partial charge in [-0.15, -0.1) is 0 Å². The molecule has 112 valence electrons. The summed E-state index contributed by atoms with van der Waals surface area (Å²) in [4.78, 5) is 0. The fraction of sp³-hybridized carbons (Fsp3) is 0.625. The lowest BCUT2D eigenvalue weighted by atomic mass is 9.74. The van der Waals surface area contributed by atoms with Crippen molar-refractivity contribution in [3.05, 3.63) is 23.8 Å². The van der Waals surface area contributed by atoms with E-state index in [-0.39, 0.29) is 11.6 Å². The van der Waals surface area contributed by atoms with Gasteiger partial charge in [-0.3, -0.25) is 0 Å². The summed E-state index contributed by atoms with van der Waals surface area (Å²) in [5, 5.41) is 3.39. The molecule has 0 heterocycles. The molecule has 0 aromatic heterocycles. The highest BCUT2D eigenvalue weighted by Crippen LogP contribution is 2.42. The van der Waals surface area contributed by atoms with Crippen LogP contribution in [0.3, 0.4) is 0 Å². The fourth-order valence-electron chi connectivity index (χ4n) is 2.85. The maximum absolute atomic E-state index is 5.74. The predicted octanol–water partition coefficient (Wildman–Crippen LogP) is 2.92. The quantitative estimate of drug-likeness (QED) is 0.833. The topological polar surface area (TPSA) is 39.7 Å². The van der Waals surface area contributed by atoms with Crippen LogP contribution >= 0.6 is 0 Å². The van der Waals surface area contributed by atoms with E-state index in [1.807, 2.05) is 20.2 Å². The molecule has 0 spiro atoms. The van der Waals surface area contributed by atoms with Crippen LogP contribution in [0.1, 0.15) is 37.3 Å². The molecule has 0 bridgehead atoms. The molecule has 1 atom stereocenters. The first kappa shape index (κ1) is 15.1. The van der Waals surface area contributed by atoms with Gasteiger partial charge in [0.25, 0.3) is 0 Å². The van der Waals surface area contributed by atoms with Crippen LogP contribution in [0.25, 0.3) is 0 Å². The highest BCUT2D eigenvalue weighted by atomic mass is 16.5. The van der Waals surface area contributed by atoms with Crippen molar-refractivity contribution in [2.75, 3.05) is 28.4 Å². The van der Waals surface area contributed by atoms with Gasteiger partial charge in [0.15, 0.2) is 0 Å². The molecule has 2 rings (SSSR count). The van der Waals surface area contributed by atoms with Crippen LogP contribution in [0.15, 0.2) is 18.2 Å². The van der Waals surface area contributed by atoms with Crippen molar-refractivity contribution in [2.45, 2.75) is 37.3 Å². The smallest absolute Gasteiger partial charge is 0.122 e. The first-order chi connectivity index (χ1) is 9.66. The minimum Gasteiger partial charge on any atom is -0.497 e. The summed E-state index contributed by atoms with van der Waals surface area (Å²) in [6.07, 6.45) is 4.51. The zero-order chi connectivity index (χ0) is 14.6. The molecular formula is C16H25NO3. The van der Waals surface area contributed by atoms with Crippen LogP contribution in [0.5, 0.6) is 11.5 Å². The van der Waals surface area contributed by atoms with Gasteiger partial charge in [-0.1, -0.05) is 0 Å². The first-order valence-electron chi connectivity index (χ1n) is 7.12. The maximum Gasteiger partial charge on any atom is 0.122 e. The Kier molecular flexibility index (Phi) is 4.89. The average molecular weight is 279 g/mol. The van der Waals surface area contributed by atoms with Crippen molar-refractivity contribution in [2.24, 2.45) is 0 Å². The Balaban J connectivity index is 2.22. The molecular weight excluding hydrogens is 254 g/mol. The molecule has 1 aromatic rings. The van der Waals surface area contributed by atoms with Gasteiger partial charge in [-0.2, -0.15) is 0 Å². The van der Waals surface area contributed by atoms with Crippen molar-refractivity contribution in [1.82, 2.24) is 5.32 Å². The van der Waals surface area contributed by atoms with Crippen LogP contribution in [0.2, 0.25) is 0 Å². The Morgan fingerprint density at radius 3 is 2.05 bits per heavy atom. The Hall–Kier alpha value is -1.26. The van der Waals surface area contributed by atoms with E-state index in [0.717, 1.165) is 30.8 Å². The van der Waals surface area contributed by atoms with Gasteiger partial charge in [-0.25, -0.2) is 0 Å². The van der Waals surface area contributed by atoms with Gasteiger partial charge in [0.2, 0.25) is 0 Å². The monoisotopic (exact) mass is 279 g/mol. The highest BCUT2D eigenvalue weighted by molar-refractivity contribution is 5.40. The molecule has 1 aliphatic carbocycles. The molecule has 4 heteroatoms. The zero-order valence-electron chi connectivity index (χ0n) is 12.9. The van der Waals surface area contributed by atoms with Crippen LogP contribution in [-0.4, -0.2) is 34.0 Å². The van der Waals surface area contributed by atoms with Crippen molar-refractivity contribution in [3.63, 3.8) is 0 Å². The first-order valence-corrected chi connectivity index (χ1v) is 7.12. The molecule has 0 radical (unpaired) electrons. The average Bonchev–Trinajstić information content (AvgIpc) is 2.46. The van der Waals surface area contributed by atoms with E-state index in [0.29, 0.717) is 0 Å². The Labute approximate surface area is 121 Å². The van der Waals surface area contributed by atoms with Crippen molar-refractivity contribution in [1.29, 1.82) is 0 Å². The summed E-state index contributed by atoms with van der Waals surface area (Å²) in [6, 6.07) is 6.25. The Morgan fingerprint density at radius 1 is 1.10 bits per heavy atom. The molecule has 1 aromatic carbocycles. The summed E-state index contributed by atoms with van der Waals surface area (Å²) in [5.74, 6) is 1.64. The van der Waals surface area contributed by atoms with Gasteiger partial charge >= 0.3 is 0 Å². The van der Waals surface area contributed by atoms with E-state index in [1.54, 1.807) is 14.2 Å². The molecule has 20 heavy (non-hydrogen) atoms. The number of benzene rings is 1. The maximum atomic E-state index is 5.74. The largest absolute Gasteiger partial charge is 0.497 e. The summed E-state index contributed by atoms with van der Waals surface area (Å²) >= 11 is 0. The molecule has 0 aliphatic heterocycles. The minimum absolute atomic E-state index is 0.0317. The van der Waals surface area contributed by atoms with Crippen molar-refractivity contribution >= 4 is 0 Å². The predicted molar refractivity (Wildman–Crippen MR) is 79.6 cm³/mol. The molecule has 1 N–H and O–H groups in total. The molecule has 1 unspecified atom stereocenters. The van der Waals surface area contributed by atoms with Crippen LogP contribution in [0.4, 0.5) is 0 Å². The van der Waals surface area contributed by atoms with E-state index in [4.69, 9.17) is 14.2 Å². The lowest BCUT2D eigenvalue weighted by Crippen LogP contribution is -2.42. The third-order valence-corrected chi connectivity index (χ3v) is 4.40. The number of nitrogens with one attached hydrogen (secondary N) is 1. The van der Waals surface area contributed by atoms with E-state index < -0.39 is 0 Å². The molecule has 0 saturated heterocycles. The lowest BCUT2D eigenvalue weighted by Gasteiger charge is -2.43. The molecule has 4 nitrogen and oxygen atoms in total. The molecule has 1 fully saturated rings. The van der Waals surface area contributed by atoms with Gasteiger partial charge in [0.05, 0.1) is 19.8 Å². The summed E-state index contributed by atoms with van der Waals surface area (Å²) in [7, 11) is 7.15. The second-order valence-corrected chi connectivity index (χ2v) is 5.43. The van der Waals surface area contributed by atoms with Crippen LogP contribution < -0.4 is 14.8 Å². The summed E-state index contributed by atoms with van der Waals surface area (Å²) in [5.41, 5.74) is 1.20.